The molecular formula is C17H22N6O2. The van der Waals surface area contributed by atoms with Crippen molar-refractivity contribution >= 4 is 11.9 Å². The van der Waals surface area contributed by atoms with Crippen LogP contribution in [0.15, 0.2) is 18.7 Å². The highest BCUT2D eigenvalue weighted by atomic mass is 16.4. The Morgan fingerprint density at radius 2 is 1.96 bits per heavy atom. The summed E-state index contributed by atoms with van der Waals surface area (Å²) in [5.41, 5.74) is 2.76. The number of carboxylic acid groups (broad SMARTS) is 1. The van der Waals surface area contributed by atoms with Crippen molar-refractivity contribution in [3.8, 4) is 0 Å². The number of carboxylic acids is 1. The van der Waals surface area contributed by atoms with Gasteiger partial charge in [-0.25, -0.2) is 15.0 Å². The molecule has 4 heterocycles. The normalized spacial score (nSPS) is 21.1. The minimum atomic E-state index is -0.820. The van der Waals surface area contributed by atoms with Crippen LogP contribution in [-0.2, 0) is 24.3 Å². The van der Waals surface area contributed by atoms with Crippen LogP contribution in [0.1, 0.15) is 36.2 Å². The van der Waals surface area contributed by atoms with Gasteiger partial charge in [-0.1, -0.05) is 0 Å². The van der Waals surface area contributed by atoms with Crippen molar-refractivity contribution in [3.05, 3.63) is 35.7 Å². The highest BCUT2D eigenvalue weighted by Crippen LogP contribution is 2.23. The molecule has 0 amide bonds. The van der Waals surface area contributed by atoms with Crippen LogP contribution in [-0.4, -0.2) is 55.0 Å². The molecule has 2 aliphatic heterocycles. The fraction of sp³-hybridized carbons (Fsp3) is 0.529. The predicted molar refractivity (Wildman–Crippen MR) is 91.1 cm³/mol. The zero-order valence-corrected chi connectivity index (χ0v) is 14.1. The lowest BCUT2D eigenvalue weighted by Gasteiger charge is -2.32. The molecule has 1 fully saturated rings. The summed E-state index contributed by atoms with van der Waals surface area (Å²) in [6.07, 6.45) is 9.33. The minimum Gasteiger partial charge on any atom is -0.480 e. The number of hydrogen-bond acceptors (Lipinski definition) is 6. The summed E-state index contributed by atoms with van der Waals surface area (Å²) in [5.74, 6) is -0.0489. The summed E-state index contributed by atoms with van der Waals surface area (Å²) >= 11 is 0. The van der Waals surface area contributed by atoms with Gasteiger partial charge in [-0.2, -0.15) is 0 Å². The molecule has 0 aliphatic carbocycles. The number of anilines is 1. The molecule has 2 aliphatic rings. The number of imidazole rings is 1. The van der Waals surface area contributed by atoms with Crippen molar-refractivity contribution in [2.24, 2.45) is 0 Å². The quantitative estimate of drug-likeness (QED) is 0.861. The summed E-state index contributed by atoms with van der Waals surface area (Å²) < 4.78 is 0. The van der Waals surface area contributed by atoms with E-state index in [1.807, 2.05) is 17.3 Å². The van der Waals surface area contributed by atoms with Crippen molar-refractivity contribution in [3.63, 3.8) is 0 Å². The third-order valence-corrected chi connectivity index (χ3v) is 5.00. The first-order valence-electron chi connectivity index (χ1n) is 8.74. The topological polar surface area (TPSA) is 98.2 Å². The molecule has 25 heavy (non-hydrogen) atoms. The Bertz CT molecular complexity index is 738. The van der Waals surface area contributed by atoms with E-state index in [4.69, 9.17) is 0 Å². The van der Waals surface area contributed by atoms with E-state index in [2.05, 4.69) is 24.8 Å². The first-order chi connectivity index (χ1) is 12.2. The van der Waals surface area contributed by atoms with Crippen LogP contribution in [0.2, 0.25) is 0 Å². The predicted octanol–water partition coefficient (Wildman–Crippen LogP) is 1.20. The molecular weight excluding hydrogens is 320 g/mol. The Morgan fingerprint density at radius 1 is 1.20 bits per heavy atom. The highest BCUT2D eigenvalue weighted by molar-refractivity contribution is 5.74. The van der Waals surface area contributed by atoms with Gasteiger partial charge in [-0.15, -0.1) is 0 Å². The number of carbonyl (C=O) groups is 1. The highest BCUT2D eigenvalue weighted by Gasteiger charge is 2.33. The number of aliphatic carboxylic acids is 1. The van der Waals surface area contributed by atoms with Crippen LogP contribution < -0.4 is 4.90 Å². The van der Waals surface area contributed by atoms with Crippen LogP contribution in [0.4, 0.5) is 5.95 Å². The molecule has 4 rings (SSSR count). The van der Waals surface area contributed by atoms with Crippen LogP contribution >= 0.6 is 0 Å². The van der Waals surface area contributed by atoms with Crippen LogP contribution in [0.3, 0.4) is 0 Å². The number of nitrogens with one attached hydrogen (secondary N) is 1. The SMILES string of the molecule is O=C(O)[C@@H]1Cc2nc[nH]c2CN1Cc1cnc(N2CCCCC2)nc1. The Kier molecular flexibility index (Phi) is 4.35. The van der Waals surface area contributed by atoms with Gasteiger partial charge in [0.2, 0.25) is 5.95 Å². The van der Waals surface area contributed by atoms with Crippen LogP contribution in [0.25, 0.3) is 0 Å². The number of fused-ring (bicyclic) bond motifs is 1. The van der Waals surface area contributed by atoms with E-state index < -0.39 is 12.0 Å². The lowest BCUT2D eigenvalue weighted by molar-refractivity contribution is -0.144. The molecule has 8 nitrogen and oxygen atoms in total. The van der Waals surface area contributed by atoms with Gasteiger partial charge in [0.05, 0.1) is 17.7 Å². The van der Waals surface area contributed by atoms with Gasteiger partial charge < -0.3 is 15.0 Å². The van der Waals surface area contributed by atoms with Gasteiger partial charge in [0.1, 0.15) is 6.04 Å². The fourth-order valence-electron chi connectivity index (χ4n) is 3.62. The molecule has 0 unspecified atom stereocenters. The maximum atomic E-state index is 11.6. The molecule has 0 saturated carbocycles. The third kappa shape index (κ3) is 3.34. The minimum absolute atomic E-state index is 0.418. The van der Waals surface area contributed by atoms with E-state index in [1.54, 1.807) is 6.33 Å². The molecule has 1 saturated heterocycles. The molecule has 8 heteroatoms. The zero-order valence-electron chi connectivity index (χ0n) is 14.1. The van der Waals surface area contributed by atoms with Crippen molar-refractivity contribution in [2.45, 2.75) is 44.8 Å². The Balaban J connectivity index is 1.47. The summed E-state index contributed by atoms with van der Waals surface area (Å²) in [5, 5.41) is 9.55. The van der Waals surface area contributed by atoms with Gasteiger partial charge in [0.25, 0.3) is 0 Å². The molecule has 1 atom stereocenters. The second kappa shape index (κ2) is 6.79. The first kappa shape index (κ1) is 16.0. The van der Waals surface area contributed by atoms with Crippen LogP contribution in [0, 0.1) is 0 Å². The van der Waals surface area contributed by atoms with Gasteiger partial charge in [0.15, 0.2) is 0 Å². The van der Waals surface area contributed by atoms with Crippen molar-refractivity contribution in [1.82, 2.24) is 24.8 Å². The van der Waals surface area contributed by atoms with Crippen molar-refractivity contribution < 1.29 is 9.90 Å². The molecule has 0 radical (unpaired) electrons. The second-order valence-electron chi connectivity index (χ2n) is 6.73. The Morgan fingerprint density at radius 3 is 2.68 bits per heavy atom. The van der Waals surface area contributed by atoms with Gasteiger partial charge in [-0.05, 0) is 19.3 Å². The number of nitrogens with zero attached hydrogens (tertiary/aromatic N) is 5. The number of H-pyrrole nitrogens is 1. The largest absolute Gasteiger partial charge is 0.480 e. The maximum absolute atomic E-state index is 11.6. The Hall–Kier alpha value is -2.48. The molecule has 2 aromatic heterocycles. The van der Waals surface area contributed by atoms with E-state index in [1.165, 1.54) is 19.3 Å². The molecule has 2 N–H and O–H groups in total. The molecule has 0 aromatic carbocycles. The summed E-state index contributed by atoms with van der Waals surface area (Å²) in [7, 11) is 0. The number of aromatic nitrogens is 4. The number of rotatable bonds is 4. The standard InChI is InChI=1S/C17H22N6O2/c24-16(25)15-6-13-14(21-11-20-13)10-23(15)9-12-7-18-17(19-8-12)22-4-2-1-3-5-22/h7-8,11,15H,1-6,9-10H2,(H,20,21)(H,24,25)/t15-/m0/s1. The molecule has 2 aromatic rings. The monoisotopic (exact) mass is 342 g/mol. The lowest BCUT2D eigenvalue weighted by Crippen LogP contribution is -2.45. The van der Waals surface area contributed by atoms with Crippen LogP contribution in [0.5, 0.6) is 0 Å². The Labute approximate surface area is 145 Å². The van der Waals surface area contributed by atoms with E-state index >= 15 is 0 Å². The fourth-order valence-corrected chi connectivity index (χ4v) is 3.62. The van der Waals surface area contributed by atoms with E-state index in [0.29, 0.717) is 19.5 Å². The van der Waals surface area contributed by atoms with Gasteiger partial charge in [-0.3, -0.25) is 9.69 Å². The van der Waals surface area contributed by atoms with E-state index in [9.17, 15) is 9.90 Å². The van der Waals surface area contributed by atoms with Gasteiger partial charge >= 0.3 is 5.97 Å². The average molecular weight is 342 g/mol. The molecule has 132 valence electrons. The third-order valence-electron chi connectivity index (χ3n) is 5.00. The summed E-state index contributed by atoms with van der Waals surface area (Å²) in [4.78, 5) is 32.1. The maximum Gasteiger partial charge on any atom is 0.321 e. The number of aromatic amines is 1. The summed E-state index contributed by atoms with van der Waals surface area (Å²) in [6.45, 7) is 3.07. The average Bonchev–Trinajstić information content (AvgIpc) is 3.10. The van der Waals surface area contributed by atoms with E-state index in [-0.39, 0.29) is 0 Å². The van der Waals surface area contributed by atoms with Crippen molar-refractivity contribution in [1.29, 1.82) is 0 Å². The number of piperidine rings is 1. The number of hydrogen-bond donors (Lipinski definition) is 2. The zero-order chi connectivity index (χ0) is 17.2. The molecule has 0 spiro atoms. The summed E-state index contributed by atoms with van der Waals surface area (Å²) in [6, 6.07) is -0.572. The second-order valence-corrected chi connectivity index (χ2v) is 6.73. The molecule has 0 bridgehead atoms. The smallest absolute Gasteiger partial charge is 0.321 e. The lowest BCUT2D eigenvalue weighted by atomic mass is 10.0. The van der Waals surface area contributed by atoms with Crippen molar-refractivity contribution in [2.75, 3.05) is 18.0 Å². The first-order valence-corrected chi connectivity index (χ1v) is 8.74. The van der Waals surface area contributed by atoms with Gasteiger partial charge in [0, 0.05) is 50.6 Å². The van der Waals surface area contributed by atoms with E-state index in [0.717, 1.165) is 36.0 Å².